The fourth-order valence-corrected chi connectivity index (χ4v) is 3.66. The van der Waals surface area contributed by atoms with Crippen LogP contribution in [0.25, 0.3) is 11.3 Å². The molecule has 0 bridgehead atoms. The zero-order chi connectivity index (χ0) is 18.2. The Bertz CT molecular complexity index is 809. The number of thiazole rings is 1. The molecule has 0 aliphatic heterocycles. The lowest BCUT2D eigenvalue weighted by Crippen LogP contribution is -2.33. The van der Waals surface area contributed by atoms with Crippen LogP contribution < -0.4 is 5.32 Å². The highest BCUT2D eigenvalue weighted by atomic mass is 35.5. The SMILES string of the molecule is CC(OC(=O)C1(C)CC1(Cl)Cl)C(=O)Nc1nc(-c2ccccc2)cs1. The van der Waals surface area contributed by atoms with Crippen molar-refractivity contribution in [2.45, 2.75) is 30.7 Å². The second-order valence-electron chi connectivity index (χ2n) is 6.15. The highest BCUT2D eigenvalue weighted by molar-refractivity contribution is 7.14. The molecule has 1 heterocycles. The van der Waals surface area contributed by atoms with Gasteiger partial charge in [-0.15, -0.1) is 34.5 Å². The summed E-state index contributed by atoms with van der Waals surface area (Å²) in [6, 6.07) is 9.63. The smallest absolute Gasteiger partial charge is 0.315 e. The van der Waals surface area contributed by atoms with Crippen molar-refractivity contribution in [3.05, 3.63) is 35.7 Å². The van der Waals surface area contributed by atoms with Crippen LogP contribution in [0, 0.1) is 5.41 Å². The Balaban J connectivity index is 1.59. The van der Waals surface area contributed by atoms with Crippen LogP contribution in [-0.4, -0.2) is 27.3 Å². The minimum atomic E-state index is -1.12. The fourth-order valence-electron chi connectivity index (χ4n) is 2.25. The molecule has 0 spiro atoms. The lowest BCUT2D eigenvalue weighted by atomic mass is 10.1. The average Bonchev–Trinajstić information content (AvgIpc) is 2.91. The van der Waals surface area contributed by atoms with E-state index in [9.17, 15) is 9.59 Å². The highest BCUT2D eigenvalue weighted by Crippen LogP contribution is 2.64. The van der Waals surface area contributed by atoms with Gasteiger partial charge >= 0.3 is 5.97 Å². The van der Waals surface area contributed by atoms with Crippen LogP contribution in [0.3, 0.4) is 0 Å². The number of amides is 1. The van der Waals surface area contributed by atoms with Crippen molar-refractivity contribution in [1.82, 2.24) is 4.98 Å². The Morgan fingerprint density at radius 3 is 2.56 bits per heavy atom. The van der Waals surface area contributed by atoms with Gasteiger partial charge in [0.15, 0.2) is 11.2 Å². The molecule has 3 rings (SSSR count). The molecular weight excluding hydrogens is 383 g/mol. The van der Waals surface area contributed by atoms with Crippen LogP contribution in [0.5, 0.6) is 0 Å². The average molecular weight is 399 g/mol. The van der Waals surface area contributed by atoms with Crippen molar-refractivity contribution in [2.75, 3.05) is 5.32 Å². The number of esters is 1. The summed E-state index contributed by atoms with van der Waals surface area (Å²) < 4.78 is 4.07. The van der Waals surface area contributed by atoms with Crippen LogP contribution in [0.15, 0.2) is 35.7 Å². The number of ether oxygens (including phenoxy) is 1. The molecule has 1 amide bonds. The molecule has 1 aromatic heterocycles. The monoisotopic (exact) mass is 398 g/mol. The Morgan fingerprint density at radius 1 is 1.32 bits per heavy atom. The van der Waals surface area contributed by atoms with Crippen LogP contribution in [0.4, 0.5) is 5.13 Å². The number of hydrogen-bond acceptors (Lipinski definition) is 5. The van der Waals surface area contributed by atoms with E-state index in [-0.39, 0.29) is 0 Å². The van der Waals surface area contributed by atoms with Gasteiger partial charge in [0.1, 0.15) is 9.75 Å². The first kappa shape index (κ1) is 18.2. The third-order valence-corrected chi connectivity index (χ3v) is 6.02. The standard InChI is InChI=1S/C17H16Cl2N2O3S/c1-10(24-14(23)16(2)9-17(16,18)19)13(22)21-15-20-12(8-25-15)11-6-4-3-5-7-11/h3-8,10H,9H2,1-2H3,(H,20,21,22). The molecule has 2 aromatic rings. The lowest BCUT2D eigenvalue weighted by molar-refractivity contribution is -0.158. The molecule has 1 aromatic carbocycles. The second kappa shape index (κ2) is 6.59. The van der Waals surface area contributed by atoms with Gasteiger partial charge in [-0.3, -0.25) is 14.9 Å². The molecule has 1 saturated carbocycles. The molecular formula is C17H16Cl2N2O3S. The van der Waals surface area contributed by atoms with E-state index in [0.29, 0.717) is 11.6 Å². The molecule has 1 aliphatic carbocycles. The van der Waals surface area contributed by atoms with Crippen molar-refractivity contribution in [3.8, 4) is 11.3 Å². The predicted molar refractivity (Wildman–Crippen MR) is 98.9 cm³/mol. The Kier molecular flexibility index (Phi) is 4.79. The Labute approximate surface area is 159 Å². The highest BCUT2D eigenvalue weighted by Gasteiger charge is 2.69. The maximum Gasteiger partial charge on any atom is 0.315 e. The number of carbonyl (C=O) groups excluding carboxylic acids is 2. The van der Waals surface area contributed by atoms with Gasteiger partial charge < -0.3 is 4.74 Å². The van der Waals surface area contributed by atoms with E-state index in [1.807, 2.05) is 35.7 Å². The van der Waals surface area contributed by atoms with E-state index >= 15 is 0 Å². The third kappa shape index (κ3) is 3.66. The van der Waals surface area contributed by atoms with Gasteiger partial charge in [0.05, 0.1) is 5.69 Å². The number of hydrogen-bond donors (Lipinski definition) is 1. The summed E-state index contributed by atoms with van der Waals surface area (Å²) in [4.78, 5) is 28.7. The maximum absolute atomic E-state index is 12.2. The van der Waals surface area contributed by atoms with E-state index < -0.39 is 27.7 Å². The molecule has 25 heavy (non-hydrogen) atoms. The quantitative estimate of drug-likeness (QED) is 0.603. The topological polar surface area (TPSA) is 68.3 Å². The molecule has 132 valence electrons. The van der Waals surface area contributed by atoms with Gasteiger partial charge in [-0.1, -0.05) is 30.3 Å². The number of alkyl halides is 2. The van der Waals surface area contributed by atoms with Crippen LogP contribution >= 0.6 is 34.5 Å². The van der Waals surface area contributed by atoms with Gasteiger partial charge in [-0.05, 0) is 13.8 Å². The van der Waals surface area contributed by atoms with E-state index in [4.69, 9.17) is 27.9 Å². The van der Waals surface area contributed by atoms with Gasteiger partial charge in [0, 0.05) is 17.4 Å². The molecule has 1 aliphatic rings. The zero-order valence-corrected chi connectivity index (χ0v) is 15.9. The number of rotatable bonds is 5. The first-order chi connectivity index (χ1) is 11.7. The maximum atomic E-state index is 12.2. The van der Waals surface area contributed by atoms with Gasteiger partial charge in [0.2, 0.25) is 0 Å². The molecule has 2 unspecified atom stereocenters. The fraction of sp³-hybridized carbons (Fsp3) is 0.353. The molecule has 0 radical (unpaired) electrons. The molecule has 0 saturated heterocycles. The van der Waals surface area contributed by atoms with Crippen molar-refractivity contribution in [1.29, 1.82) is 0 Å². The summed E-state index contributed by atoms with van der Waals surface area (Å²) in [5.41, 5.74) is 0.762. The van der Waals surface area contributed by atoms with Crippen molar-refractivity contribution < 1.29 is 14.3 Å². The second-order valence-corrected chi connectivity index (χ2v) is 8.50. The number of carbonyl (C=O) groups is 2. The largest absolute Gasteiger partial charge is 0.452 e. The van der Waals surface area contributed by atoms with E-state index in [0.717, 1.165) is 11.3 Å². The summed E-state index contributed by atoms with van der Waals surface area (Å²) in [6.07, 6.45) is -0.665. The summed E-state index contributed by atoms with van der Waals surface area (Å²) >= 11 is 13.2. The van der Waals surface area contributed by atoms with E-state index in [1.54, 1.807) is 6.92 Å². The first-order valence-electron chi connectivity index (χ1n) is 7.64. The Morgan fingerprint density at radius 2 is 1.96 bits per heavy atom. The normalized spacial score (nSPS) is 22.1. The summed E-state index contributed by atoms with van der Waals surface area (Å²) in [5, 5.41) is 4.94. The molecule has 2 atom stereocenters. The number of nitrogens with one attached hydrogen (secondary N) is 1. The summed E-state index contributed by atoms with van der Waals surface area (Å²) in [7, 11) is 0. The van der Waals surface area contributed by atoms with Gasteiger partial charge in [0.25, 0.3) is 5.91 Å². The summed E-state index contributed by atoms with van der Waals surface area (Å²) in [5.74, 6) is -1.04. The molecule has 5 nitrogen and oxygen atoms in total. The van der Waals surface area contributed by atoms with Crippen LogP contribution in [0.2, 0.25) is 0 Å². The zero-order valence-electron chi connectivity index (χ0n) is 13.6. The van der Waals surface area contributed by atoms with E-state index in [2.05, 4.69) is 10.3 Å². The molecule has 8 heteroatoms. The van der Waals surface area contributed by atoms with Crippen LogP contribution in [0.1, 0.15) is 20.3 Å². The number of nitrogens with zero attached hydrogens (tertiary/aromatic N) is 1. The number of anilines is 1. The minimum Gasteiger partial charge on any atom is -0.452 e. The molecule has 1 N–H and O–H groups in total. The van der Waals surface area contributed by atoms with Crippen LogP contribution in [-0.2, 0) is 14.3 Å². The first-order valence-corrected chi connectivity index (χ1v) is 9.27. The van der Waals surface area contributed by atoms with Gasteiger partial charge in [-0.25, -0.2) is 4.98 Å². The van der Waals surface area contributed by atoms with Crippen molar-refractivity contribution >= 4 is 51.5 Å². The minimum absolute atomic E-state index is 0.309. The van der Waals surface area contributed by atoms with Gasteiger partial charge in [-0.2, -0.15) is 0 Å². The number of benzene rings is 1. The summed E-state index contributed by atoms with van der Waals surface area (Å²) in [6.45, 7) is 3.11. The molecule has 1 fully saturated rings. The Hall–Kier alpha value is -1.63. The van der Waals surface area contributed by atoms with E-state index in [1.165, 1.54) is 18.3 Å². The number of halogens is 2. The van der Waals surface area contributed by atoms with Crippen molar-refractivity contribution in [3.63, 3.8) is 0 Å². The predicted octanol–water partition coefficient (Wildman–Crippen LogP) is 4.26. The lowest BCUT2D eigenvalue weighted by Gasteiger charge is -2.16. The third-order valence-electron chi connectivity index (χ3n) is 4.17. The number of aromatic nitrogens is 1. The van der Waals surface area contributed by atoms with Crippen molar-refractivity contribution in [2.24, 2.45) is 5.41 Å².